The van der Waals surface area contributed by atoms with Crippen molar-refractivity contribution in [2.75, 3.05) is 0 Å². The van der Waals surface area contributed by atoms with Crippen molar-refractivity contribution < 1.29 is 29.6 Å². The fourth-order valence-electron chi connectivity index (χ4n) is 1.53. The summed E-state index contributed by atoms with van der Waals surface area (Å²) in [6.45, 7) is 0.0285. The molecular formula is C13H17NO6. The highest BCUT2D eigenvalue weighted by atomic mass is 16.5. The number of rotatable bonds is 8. The first kappa shape index (κ1) is 16.3. The first-order valence-electron chi connectivity index (χ1n) is 5.91. The summed E-state index contributed by atoms with van der Waals surface area (Å²) in [5.74, 6) is -1.20. The summed E-state index contributed by atoms with van der Waals surface area (Å²) in [6.07, 6.45) is -6.76. The van der Waals surface area contributed by atoms with Crippen molar-refractivity contribution in [1.29, 1.82) is 0 Å². The minimum Gasteiger partial charge on any atom is -0.387 e. The predicted octanol–water partition coefficient (Wildman–Crippen LogP) is -1.66. The van der Waals surface area contributed by atoms with Gasteiger partial charge in [-0.1, -0.05) is 30.3 Å². The van der Waals surface area contributed by atoms with E-state index >= 15 is 0 Å². The van der Waals surface area contributed by atoms with Gasteiger partial charge in [0.25, 0.3) is 0 Å². The Morgan fingerprint density at radius 2 is 1.80 bits per heavy atom. The molecule has 0 aliphatic heterocycles. The van der Waals surface area contributed by atoms with Gasteiger partial charge in [-0.05, 0) is 5.56 Å². The van der Waals surface area contributed by atoms with Gasteiger partial charge in [0.05, 0.1) is 6.61 Å². The molecular weight excluding hydrogens is 266 g/mol. The van der Waals surface area contributed by atoms with E-state index in [1.807, 2.05) is 6.07 Å². The van der Waals surface area contributed by atoms with Crippen molar-refractivity contribution >= 4 is 12.2 Å². The quantitative estimate of drug-likeness (QED) is 0.422. The molecule has 1 aromatic carbocycles. The van der Waals surface area contributed by atoms with Crippen LogP contribution < -0.4 is 5.73 Å². The topological polar surface area (TPSA) is 130 Å². The monoisotopic (exact) mass is 283 g/mol. The zero-order valence-electron chi connectivity index (χ0n) is 10.6. The average Bonchev–Trinajstić information content (AvgIpc) is 2.47. The number of primary amides is 1. The fraction of sp³-hybridized carbons (Fsp3) is 0.385. The van der Waals surface area contributed by atoms with Crippen LogP contribution in [0.4, 0.5) is 0 Å². The minimum atomic E-state index is -1.98. The summed E-state index contributed by atoms with van der Waals surface area (Å²) >= 11 is 0. The Balaban J connectivity index is 2.61. The average molecular weight is 283 g/mol. The molecule has 0 unspecified atom stereocenters. The van der Waals surface area contributed by atoms with Gasteiger partial charge in [-0.15, -0.1) is 0 Å². The van der Waals surface area contributed by atoms with Gasteiger partial charge in [0, 0.05) is 0 Å². The number of hydrogen-bond donors (Lipinski definition) is 4. The third-order valence-electron chi connectivity index (χ3n) is 2.72. The Kier molecular flexibility index (Phi) is 6.26. The lowest BCUT2D eigenvalue weighted by Crippen LogP contribution is -2.50. The molecule has 7 heteroatoms. The van der Waals surface area contributed by atoms with E-state index in [-0.39, 0.29) is 12.9 Å². The Morgan fingerprint density at radius 1 is 1.20 bits per heavy atom. The van der Waals surface area contributed by atoms with E-state index in [0.29, 0.717) is 0 Å². The molecule has 0 fully saturated rings. The molecule has 110 valence electrons. The van der Waals surface area contributed by atoms with Crippen molar-refractivity contribution in [3.8, 4) is 0 Å². The summed E-state index contributed by atoms with van der Waals surface area (Å²) < 4.78 is 5.15. The molecule has 1 rings (SSSR count). The van der Waals surface area contributed by atoms with Crippen LogP contribution in [0.2, 0.25) is 0 Å². The number of benzene rings is 1. The van der Waals surface area contributed by atoms with Crippen molar-refractivity contribution in [1.82, 2.24) is 0 Å². The molecule has 0 radical (unpaired) electrons. The number of carbonyl (C=O) groups excluding carboxylic acids is 2. The highest BCUT2D eigenvalue weighted by Gasteiger charge is 2.34. The van der Waals surface area contributed by atoms with Crippen LogP contribution in [0.3, 0.4) is 0 Å². The molecule has 0 saturated carbocycles. The summed E-state index contributed by atoms with van der Waals surface area (Å²) in [7, 11) is 0. The third-order valence-corrected chi connectivity index (χ3v) is 2.72. The SMILES string of the molecule is NC(=O)[C@@H](O)[C@@H](O)[C@H](O)[C@H](C=O)OCc1ccccc1. The molecule has 0 saturated heterocycles. The number of amides is 1. The number of aliphatic hydroxyl groups excluding tert-OH is 3. The van der Waals surface area contributed by atoms with Gasteiger partial charge in [0.1, 0.15) is 18.3 Å². The first-order valence-corrected chi connectivity index (χ1v) is 5.91. The van der Waals surface area contributed by atoms with Crippen LogP contribution in [0.15, 0.2) is 30.3 Å². The maximum atomic E-state index is 10.9. The second-order valence-corrected chi connectivity index (χ2v) is 4.23. The van der Waals surface area contributed by atoms with Gasteiger partial charge in [-0.25, -0.2) is 0 Å². The van der Waals surface area contributed by atoms with Crippen molar-refractivity contribution in [3.05, 3.63) is 35.9 Å². The van der Waals surface area contributed by atoms with Gasteiger partial charge in [-0.3, -0.25) is 4.79 Å². The number of carbonyl (C=O) groups is 2. The molecule has 1 amide bonds. The van der Waals surface area contributed by atoms with Crippen LogP contribution in [-0.2, 0) is 20.9 Å². The lowest BCUT2D eigenvalue weighted by Gasteiger charge is -2.25. The van der Waals surface area contributed by atoms with Crippen LogP contribution in [0.5, 0.6) is 0 Å². The zero-order chi connectivity index (χ0) is 15.1. The maximum Gasteiger partial charge on any atom is 0.249 e. The molecule has 4 atom stereocenters. The Hall–Kier alpha value is -1.80. The van der Waals surface area contributed by atoms with Gasteiger partial charge < -0.3 is 30.6 Å². The van der Waals surface area contributed by atoms with E-state index in [4.69, 9.17) is 10.5 Å². The van der Waals surface area contributed by atoms with E-state index in [1.165, 1.54) is 0 Å². The zero-order valence-corrected chi connectivity index (χ0v) is 10.6. The summed E-state index contributed by atoms with van der Waals surface area (Å²) in [4.78, 5) is 21.6. The highest BCUT2D eigenvalue weighted by molar-refractivity contribution is 5.79. The van der Waals surface area contributed by atoms with Gasteiger partial charge in [-0.2, -0.15) is 0 Å². The molecule has 0 aliphatic carbocycles. The Bertz CT molecular complexity index is 438. The van der Waals surface area contributed by atoms with Crippen molar-refractivity contribution in [2.24, 2.45) is 5.73 Å². The number of ether oxygens (including phenoxy) is 1. The van der Waals surface area contributed by atoms with Gasteiger partial charge in [0.2, 0.25) is 5.91 Å². The molecule has 0 spiro atoms. The number of aldehydes is 1. The van der Waals surface area contributed by atoms with Crippen LogP contribution in [0.1, 0.15) is 5.56 Å². The second kappa shape index (κ2) is 7.71. The lowest BCUT2D eigenvalue weighted by atomic mass is 10.0. The normalized spacial score (nSPS) is 16.9. The first-order chi connectivity index (χ1) is 9.47. The molecule has 0 aromatic heterocycles. The standard InChI is InChI=1S/C13H17NO6/c14-13(19)12(18)11(17)10(16)9(6-15)20-7-8-4-2-1-3-5-8/h1-6,9-12,16-18H,7H2,(H2,14,19)/t9-,10+,11-,12-/m0/s1. The molecule has 20 heavy (non-hydrogen) atoms. The van der Waals surface area contributed by atoms with Crippen LogP contribution in [0, 0.1) is 0 Å². The van der Waals surface area contributed by atoms with E-state index < -0.39 is 30.3 Å². The fourth-order valence-corrected chi connectivity index (χ4v) is 1.53. The maximum absolute atomic E-state index is 10.9. The highest BCUT2D eigenvalue weighted by Crippen LogP contribution is 2.10. The lowest BCUT2D eigenvalue weighted by molar-refractivity contribution is -0.154. The molecule has 1 aromatic rings. The Labute approximate surface area is 115 Å². The predicted molar refractivity (Wildman–Crippen MR) is 68.3 cm³/mol. The second-order valence-electron chi connectivity index (χ2n) is 4.23. The number of hydrogen-bond acceptors (Lipinski definition) is 6. The van der Waals surface area contributed by atoms with Crippen LogP contribution >= 0.6 is 0 Å². The molecule has 7 nitrogen and oxygen atoms in total. The van der Waals surface area contributed by atoms with Crippen LogP contribution in [0.25, 0.3) is 0 Å². The van der Waals surface area contributed by atoms with E-state index in [9.17, 15) is 24.9 Å². The van der Waals surface area contributed by atoms with Crippen LogP contribution in [-0.4, -0.2) is 51.9 Å². The number of nitrogens with two attached hydrogens (primary N) is 1. The van der Waals surface area contributed by atoms with Gasteiger partial charge in [0.15, 0.2) is 12.4 Å². The van der Waals surface area contributed by atoms with Crippen molar-refractivity contribution in [3.63, 3.8) is 0 Å². The van der Waals surface area contributed by atoms with E-state index in [2.05, 4.69) is 0 Å². The minimum absolute atomic E-state index is 0.0285. The van der Waals surface area contributed by atoms with Crippen molar-refractivity contribution in [2.45, 2.75) is 31.0 Å². The molecule has 0 aliphatic rings. The van der Waals surface area contributed by atoms with Gasteiger partial charge >= 0.3 is 0 Å². The molecule has 5 N–H and O–H groups in total. The summed E-state index contributed by atoms with van der Waals surface area (Å²) in [5, 5.41) is 28.5. The largest absolute Gasteiger partial charge is 0.387 e. The number of aliphatic hydroxyl groups is 3. The van der Waals surface area contributed by atoms with E-state index in [1.54, 1.807) is 24.3 Å². The molecule has 0 bridgehead atoms. The summed E-state index contributed by atoms with van der Waals surface area (Å²) in [6, 6.07) is 8.86. The van der Waals surface area contributed by atoms with E-state index in [0.717, 1.165) is 5.56 Å². The Morgan fingerprint density at radius 3 is 2.30 bits per heavy atom. The third kappa shape index (κ3) is 4.39. The smallest absolute Gasteiger partial charge is 0.249 e. The summed E-state index contributed by atoms with van der Waals surface area (Å²) in [5.41, 5.74) is 5.55. The molecule has 0 heterocycles.